The first-order chi connectivity index (χ1) is 9.63. The Labute approximate surface area is 128 Å². The predicted molar refractivity (Wildman–Crippen MR) is 83.9 cm³/mol. The Bertz CT molecular complexity index is 479. The van der Waals surface area contributed by atoms with E-state index in [0.717, 1.165) is 28.7 Å². The van der Waals surface area contributed by atoms with Crippen LogP contribution in [0.5, 0.6) is 0 Å². The Balaban J connectivity index is 2.02. The van der Waals surface area contributed by atoms with Crippen molar-refractivity contribution in [3.05, 3.63) is 28.2 Å². The Kier molecular flexibility index (Phi) is 5.57. The van der Waals surface area contributed by atoms with E-state index in [1.54, 1.807) is 0 Å². The van der Waals surface area contributed by atoms with Gasteiger partial charge in [-0.05, 0) is 47.4 Å². The minimum absolute atomic E-state index is 0.0161. The van der Waals surface area contributed by atoms with Gasteiger partial charge in [0, 0.05) is 10.5 Å². The molecule has 5 heteroatoms. The number of hydrogen-bond donors (Lipinski definition) is 2. The molecule has 2 N–H and O–H groups in total. The second-order valence-electron chi connectivity index (χ2n) is 5.13. The van der Waals surface area contributed by atoms with Crippen molar-refractivity contribution in [3.63, 3.8) is 0 Å². The lowest BCUT2D eigenvalue weighted by Crippen LogP contribution is -2.41. The van der Waals surface area contributed by atoms with E-state index >= 15 is 0 Å². The SMILES string of the molecule is CCCNC1COCC1C(=O)Nc1cccc(C)c1Br. The molecule has 2 rings (SSSR count). The number of amides is 1. The van der Waals surface area contributed by atoms with Crippen LogP contribution in [-0.4, -0.2) is 31.7 Å². The van der Waals surface area contributed by atoms with Crippen molar-refractivity contribution < 1.29 is 9.53 Å². The van der Waals surface area contributed by atoms with Crippen LogP contribution in [0.4, 0.5) is 5.69 Å². The molecule has 0 radical (unpaired) electrons. The summed E-state index contributed by atoms with van der Waals surface area (Å²) in [5, 5.41) is 6.37. The van der Waals surface area contributed by atoms with Crippen molar-refractivity contribution in [2.24, 2.45) is 5.92 Å². The number of carbonyl (C=O) groups is 1. The van der Waals surface area contributed by atoms with Gasteiger partial charge < -0.3 is 15.4 Å². The summed E-state index contributed by atoms with van der Waals surface area (Å²) in [4.78, 5) is 12.4. The molecule has 1 aliphatic heterocycles. The molecule has 1 fully saturated rings. The van der Waals surface area contributed by atoms with E-state index in [1.807, 2.05) is 25.1 Å². The van der Waals surface area contributed by atoms with Gasteiger partial charge >= 0.3 is 0 Å². The summed E-state index contributed by atoms with van der Waals surface area (Å²) in [5.74, 6) is -0.114. The molecular weight excluding hydrogens is 320 g/mol. The number of anilines is 1. The summed E-state index contributed by atoms with van der Waals surface area (Å²) in [5.41, 5.74) is 1.92. The van der Waals surface area contributed by atoms with E-state index in [0.29, 0.717) is 13.2 Å². The third kappa shape index (κ3) is 3.59. The van der Waals surface area contributed by atoms with E-state index in [2.05, 4.69) is 33.5 Å². The second kappa shape index (κ2) is 7.20. The highest BCUT2D eigenvalue weighted by molar-refractivity contribution is 9.10. The highest BCUT2D eigenvalue weighted by Gasteiger charge is 2.33. The van der Waals surface area contributed by atoms with E-state index in [4.69, 9.17) is 4.74 Å². The van der Waals surface area contributed by atoms with E-state index in [1.165, 1.54) is 0 Å². The third-order valence-corrected chi connectivity index (χ3v) is 4.58. The van der Waals surface area contributed by atoms with Crippen LogP contribution in [0.25, 0.3) is 0 Å². The van der Waals surface area contributed by atoms with Crippen LogP contribution in [0, 0.1) is 12.8 Å². The summed E-state index contributed by atoms with van der Waals surface area (Å²) < 4.78 is 6.38. The minimum atomic E-state index is -0.131. The van der Waals surface area contributed by atoms with Gasteiger partial charge in [0.25, 0.3) is 0 Å². The van der Waals surface area contributed by atoms with E-state index < -0.39 is 0 Å². The summed E-state index contributed by atoms with van der Waals surface area (Å²) in [7, 11) is 0. The summed E-state index contributed by atoms with van der Waals surface area (Å²) in [6.45, 7) is 6.11. The lowest BCUT2D eigenvalue weighted by molar-refractivity contribution is -0.120. The van der Waals surface area contributed by atoms with Gasteiger partial charge in [-0.25, -0.2) is 0 Å². The fraction of sp³-hybridized carbons (Fsp3) is 0.533. The number of ether oxygens (including phenoxy) is 1. The number of hydrogen-bond acceptors (Lipinski definition) is 3. The average Bonchev–Trinajstić information content (AvgIpc) is 2.90. The molecule has 0 aromatic heterocycles. The van der Waals surface area contributed by atoms with Crippen molar-refractivity contribution in [2.45, 2.75) is 26.3 Å². The first kappa shape index (κ1) is 15.5. The zero-order valence-corrected chi connectivity index (χ0v) is 13.5. The topological polar surface area (TPSA) is 50.4 Å². The van der Waals surface area contributed by atoms with Crippen LogP contribution in [0.2, 0.25) is 0 Å². The van der Waals surface area contributed by atoms with Gasteiger partial charge in [-0.2, -0.15) is 0 Å². The average molecular weight is 341 g/mol. The van der Waals surface area contributed by atoms with E-state index in [-0.39, 0.29) is 17.9 Å². The number of aryl methyl sites for hydroxylation is 1. The van der Waals surface area contributed by atoms with Crippen molar-refractivity contribution >= 4 is 27.5 Å². The predicted octanol–water partition coefficient (Wildman–Crippen LogP) is 2.71. The third-order valence-electron chi connectivity index (χ3n) is 3.52. The molecule has 1 aromatic rings. The highest BCUT2D eigenvalue weighted by Crippen LogP contribution is 2.27. The lowest BCUT2D eigenvalue weighted by atomic mass is 10.0. The molecule has 110 valence electrons. The van der Waals surface area contributed by atoms with Crippen LogP contribution < -0.4 is 10.6 Å². The molecule has 1 saturated heterocycles. The Morgan fingerprint density at radius 2 is 2.25 bits per heavy atom. The fourth-order valence-electron chi connectivity index (χ4n) is 2.31. The molecule has 0 spiro atoms. The van der Waals surface area contributed by atoms with Crippen molar-refractivity contribution in [1.82, 2.24) is 5.32 Å². The van der Waals surface area contributed by atoms with Gasteiger partial charge in [-0.3, -0.25) is 4.79 Å². The molecule has 0 saturated carbocycles. The maximum absolute atomic E-state index is 12.4. The lowest BCUT2D eigenvalue weighted by Gasteiger charge is -2.19. The van der Waals surface area contributed by atoms with Crippen LogP contribution in [0.15, 0.2) is 22.7 Å². The van der Waals surface area contributed by atoms with Gasteiger partial charge in [0.1, 0.15) is 0 Å². The highest BCUT2D eigenvalue weighted by atomic mass is 79.9. The number of rotatable bonds is 5. The molecular formula is C15H21BrN2O2. The Hall–Kier alpha value is -0.910. The zero-order chi connectivity index (χ0) is 14.5. The minimum Gasteiger partial charge on any atom is -0.379 e. The molecule has 20 heavy (non-hydrogen) atoms. The molecule has 2 unspecified atom stereocenters. The monoisotopic (exact) mass is 340 g/mol. The zero-order valence-electron chi connectivity index (χ0n) is 11.9. The maximum Gasteiger partial charge on any atom is 0.231 e. The molecule has 4 nitrogen and oxygen atoms in total. The quantitative estimate of drug-likeness (QED) is 0.866. The maximum atomic E-state index is 12.4. The molecule has 1 aliphatic rings. The molecule has 1 amide bonds. The van der Waals surface area contributed by atoms with Crippen molar-refractivity contribution in [2.75, 3.05) is 25.1 Å². The first-order valence-corrected chi connectivity index (χ1v) is 7.80. The van der Waals surface area contributed by atoms with Crippen LogP contribution in [0.3, 0.4) is 0 Å². The number of halogens is 1. The second-order valence-corrected chi connectivity index (χ2v) is 5.92. The van der Waals surface area contributed by atoms with Gasteiger partial charge in [-0.1, -0.05) is 19.1 Å². The Morgan fingerprint density at radius 1 is 1.45 bits per heavy atom. The first-order valence-electron chi connectivity index (χ1n) is 7.00. The molecule has 2 atom stereocenters. The molecule has 0 aliphatic carbocycles. The number of nitrogens with one attached hydrogen (secondary N) is 2. The van der Waals surface area contributed by atoms with Crippen molar-refractivity contribution in [1.29, 1.82) is 0 Å². The fourth-order valence-corrected chi connectivity index (χ4v) is 2.68. The molecule has 1 aromatic carbocycles. The summed E-state index contributed by atoms with van der Waals surface area (Å²) >= 11 is 3.51. The largest absolute Gasteiger partial charge is 0.379 e. The normalized spacial score (nSPS) is 21.9. The van der Waals surface area contributed by atoms with Crippen LogP contribution in [-0.2, 0) is 9.53 Å². The van der Waals surface area contributed by atoms with Crippen molar-refractivity contribution in [3.8, 4) is 0 Å². The van der Waals surface area contributed by atoms with Gasteiger partial charge in [0.2, 0.25) is 5.91 Å². The standard InChI is InChI=1S/C15H21BrN2O2/c1-3-7-17-13-9-20-8-11(13)15(19)18-12-6-4-5-10(2)14(12)16/h4-6,11,13,17H,3,7-9H2,1-2H3,(H,18,19). The van der Waals surface area contributed by atoms with Gasteiger partial charge in [0.05, 0.1) is 24.8 Å². The number of carbonyl (C=O) groups excluding carboxylic acids is 1. The van der Waals surface area contributed by atoms with Gasteiger partial charge in [0.15, 0.2) is 0 Å². The van der Waals surface area contributed by atoms with E-state index in [9.17, 15) is 4.79 Å². The smallest absolute Gasteiger partial charge is 0.231 e. The summed E-state index contributed by atoms with van der Waals surface area (Å²) in [6.07, 6.45) is 1.05. The van der Waals surface area contributed by atoms with Crippen LogP contribution >= 0.6 is 15.9 Å². The van der Waals surface area contributed by atoms with Crippen LogP contribution in [0.1, 0.15) is 18.9 Å². The number of benzene rings is 1. The summed E-state index contributed by atoms with van der Waals surface area (Å²) in [6, 6.07) is 5.95. The van der Waals surface area contributed by atoms with Gasteiger partial charge in [-0.15, -0.1) is 0 Å². The Morgan fingerprint density at radius 3 is 3.00 bits per heavy atom. The molecule has 1 heterocycles. The molecule has 0 bridgehead atoms.